The number of nitrogens with zero attached hydrogens (tertiary/aromatic N) is 1. The van der Waals surface area contributed by atoms with Crippen molar-refractivity contribution in [2.24, 2.45) is 5.92 Å². The third kappa shape index (κ3) is 2.46. The number of benzene rings is 1. The lowest BCUT2D eigenvalue weighted by Gasteiger charge is -2.26. The van der Waals surface area contributed by atoms with Crippen LogP contribution in [0.15, 0.2) is 24.3 Å². The molecule has 0 aromatic heterocycles. The van der Waals surface area contributed by atoms with Gasteiger partial charge in [0.25, 0.3) is 0 Å². The first-order chi connectivity index (χ1) is 8.43. The quantitative estimate of drug-likeness (QED) is 0.882. The van der Waals surface area contributed by atoms with Crippen LogP contribution >= 0.6 is 0 Å². The Morgan fingerprint density at radius 2 is 1.89 bits per heavy atom. The molecular formula is C13H16F3NO. The van der Waals surface area contributed by atoms with E-state index in [1.165, 1.54) is 12.1 Å². The van der Waals surface area contributed by atoms with Gasteiger partial charge < -0.3 is 10.0 Å². The van der Waals surface area contributed by atoms with Crippen LogP contribution in [0.5, 0.6) is 0 Å². The molecule has 1 N–H and O–H groups in total. The Hall–Kier alpha value is -1.23. The van der Waals surface area contributed by atoms with Crippen molar-refractivity contribution < 1.29 is 18.3 Å². The van der Waals surface area contributed by atoms with Crippen molar-refractivity contribution in [3.05, 3.63) is 29.8 Å². The van der Waals surface area contributed by atoms with Crippen LogP contribution in [0.3, 0.4) is 0 Å². The summed E-state index contributed by atoms with van der Waals surface area (Å²) in [4.78, 5) is 2.04. The number of aliphatic hydroxyl groups is 1. The lowest BCUT2D eigenvalue weighted by molar-refractivity contribution is -0.137. The van der Waals surface area contributed by atoms with E-state index in [2.05, 4.69) is 0 Å². The minimum absolute atomic E-state index is 0.123. The highest BCUT2D eigenvalue weighted by molar-refractivity contribution is 5.50. The zero-order chi connectivity index (χ0) is 13.3. The molecule has 2 atom stereocenters. The van der Waals surface area contributed by atoms with Crippen LogP contribution in [0.4, 0.5) is 18.9 Å². The molecule has 1 aliphatic rings. The van der Waals surface area contributed by atoms with Crippen molar-refractivity contribution >= 4 is 5.69 Å². The van der Waals surface area contributed by atoms with E-state index in [0.717, 1.165) is 30.8 Å². The van der Waals surface area contributed by atoms with Gasteiger partial charge in [-0.25, -0.2) is 0 Å². The van der Waals surface area contributed by atoms with Crippen LogP contribution < -0.4 is 4.90 Å². The van der Waals surface area contributed by atoms with Crippen LogP contribution in [0.25, 0.3) is 0 Å². The molecule has 0 radical (unpaired) electrons. The van der Waals surface area contributed by atoms with Crippen LogP contribution in [-0.2, 0) is 6.18 Å². The molecule has 5 heteroatoms. The van der Waals surface area contributed by atoms with E-state index >= 15 is 0 Å². The third-order valence-electron chi connectivity index (χ3n) is 3.68. The first kappa shape index (κ1) is 13.2. The second kappa shape index (κ2) is 4.80. The summed E-state index contributed by atoms with van der Waals surface area (Å²) in [7, 11) is 0. The molecule has 1 aromatic rings. The molecule has 0 spiro atoms. The van der Waals surface area contributed by atoms with Crippen LogP contribution in [0.2, 0.25) is 0 Å². The van der Waals surface area contributed by atoms with E-state index in [0.29, 0.717) is 0 Å². The molecular weight excluding hydrogens is 243 g/mol. The lowest BCUT2D eigenvalue weighted by atomic mass is 10.0. The van der Waals surface area contributed by atoms with Gasteiger partial charge in [-0.05, 0) is 37.6 Å². The first-order valence-electron chi connectivity index (χ1n) is 5.98. The fourth-order valence-corrected chi connectivity index (χ4v) is 2.45. The molecule has 1 aromatic carbocycles. The molecule has 1 heterocycles. The Kier molecular flexibility index (Phi) is 3.52. The van der Waals surface area contributed by atoms with Crippen LogP contribution in [0.1, 0.15) is 18.9 Å². The summed E-state index contributed by atoms with van der Waals surface area (Å²) in [5.74, 6) is 0.201. The first-order valence-corrected chi connectivity index (χ1v) is 5.98. The summed E-state index contributed by atoms with van der Waals surface area (Å²) in [5, 5.41) is 9.18. The van der Waals surface area contributed by atoms with Gasteiger partial charge in [0.2, 0.25) is 0 Å². The summed E-state index contributed by atoms with van der Waals surface area (Å²) in [6, 6.07) is 5.37. The maximum atomic E-state index is 12.4. The maximum absolute atomic E-state index is 12.4. The molecule has 2 rings (SSSR count). The van der Waals surface area contributed by atoms with Gasteiger partial charge in [-0.2, -0.15) is 13.2 Å². The normalized spacial score (nSPS) is 24.6. The molecule has 2 nitrogen and oxygen atoms in total. The van der Waals surface area contributed by atoms with Gasteiger partial charge in [0.05, 0.1) is 5.56 Å². The average molecular weight is 259 g/mol. The predicted molar refractivity (Wildman–Crippen MR) is 63.4 cm³/mol. The van der Waals surface area contributed by atoms with Crippen molar-refractivity contribution in [2.45, 2.75) is 25.6 Å². The SMILES string of the molecule is CC1C(CO)CCN1c1ccc(C(F)(F)F)cc1. The van der Waals surface area contributed by atoms with Gasteiger partial charge in [0.1, 0.15) is 0 Å². The molecule has 0 saturated carbocycles. The Morgan fingerprint density at radius 3 is 2.33 bits per heavy atom. The van der Waals surface area contributed by atoms with E-state index in [1.807, 2.05) is 11.8 Å². The van der Waals surface area contributed by atoms with Gasteiger partial charge in [-0.1, -0.05) is 0 Å². The molecule has 1 aliphatic heterocycles. The zero-order valence-electron chi connectivity index (χ0n) is 10.1. The number of hydrogen-bond donors (Lipinski definition) is 1. The lowest BCUT2D eigenvalue weighted by Crippen LogP contribution is -2.31. The monoisotopic (exact) mass is 259 g/mol. The van der Waals surface area contributed by atoms with Gasteiger partial charge in [-0.3, -0.25) is 0 Å². The Balaban J connectivity index is 2.16. The van der Waals surface area contributed by atoms with E-state index in [4.69, 9.17) is 0 Å². The van der Waals surface area contributed by atoms with Gasteiger partial charge in [0.15, 0.2) is 0 Å². The summed E-state index contributed by atoms with van der Waals surface area (Å²) in [5.41, 5.74) is 0.156. The molecule has 2 unspecified atom stereocenters. The van der Waals surface area contributed by atoms with Gasteiger partial charge in [0, 0.05) is 30.8 Å². The highest BCUT2D eigenvalue weighted by Gasteiger charge is 2.32. The molecule has 1 fully saturated rings. The van der Waals surface area contributed by atoms with Crippen LogP contribution in [-0.4, -0.2) is 24.3 Å². The van der Waals surface area contributed by atoms with Crippen molar-refractivity contribution in [1.29, 1.82) is 0 Å². The van der Waals surface area contributed by atoms with Gasteiger partial charge in [-0.15, -0.1) is 0 Å². The Bertz CT molecular complexity index is 402. The second-order valence-electron chi connectivity index (χ2n) is 4.71. The van der Waals surface area contributed by atoms with Crippen molar-refractivity contribution in [3.63, 3.8) is 0 Å². The summed E-state index contributed by atoms with van der Waals surface area (Å²) in [6.45, 7) is 2.89. The topological polar surface area (TPSA) is 23.5 Å². The predicted octanol–water partition coefficient (Wildman–Crippen LogP) is 2.91. The maximum Gasteiger partial charge on any atom is 0.416 e. The smallest absolute Gasteiger partial charge is 0.396 e. The summed E-state index contributed by atoms with van der Waals surface area (Å²) >= 11 is 0. The average Bonchev–Trinajstić information content (AvgIpc) is 2.69. The minimum Gasteiger partial charge on any atom is -0.396 e. The largest absolute Gasteiger partial charge is 0.416 e. The van der Waals surface area contributed by atoms with E-state index in [-0.39, 0.29) is 18.6 Å². The van der Waals surface area contributed by atoms with Crippen molar-refractivity contribution in [2.75, 3.05) is 18.1 Å². The molecule has 100 valence electrons. The fourth-order valence-electron chi connectivity index (χ4n) is 2.45. The number of alkyl halides is 3. The number of hydrogen-bond acceptors (Lipinski definition) is 2. The third-order valence-corrected chi connectivity index (χ3v) is 3.68. The standard InChI is InChI=1S/C13H16F3NO/c1-9-10(8-18)6-7-17(9)12-4-2-11(3-5-12)13(14,15)16/h2-5,9-10,18H,6-8H2,1H3. The fraction of sp³-hybridized carbons (Fsp3) is 0.538. The number of aliphatic hydroxyl groups excluding tert-OH is 1. The van der Waals surface area contributed by atoms with E-state index in [9.17, 15) is 18.3 Å². The van der Waals surface area contributed by atoms with E-state index < -0.39 is 11.7 Å². The Labute approximate surface area is 104 Å². The molecule has 0 aliphatic carbocycles. The van der Waals surface area contributed by atoms with Crippen molar-refractivity contribution in [1.82, 2.24) is 0 Å². The van der Waals surface area contributed by atoms with Crippen LogP contribution in [0, 0.1) is 5.92 Å². The van der Waals surface area contributed by atoms with Crippen molar-refractivity contribution in [3.8, 4) is 0 Å². The Morgan fingerprint density at radius 1 is 1.28 bits per heavy atom. The second-order valence-corrected chi connectivity index (χ2v) is 4.71. The van der Waals surface area contributed by atoms with E-state index in [1.54, 1.807) is 0 Å². The number of rotatable bonds is 2. The molecule has 1 saturated heterocycles. The summed E-state index contributed by atoms with van der Waals surface area (Å²) < 4.78 is 37.3. The summed E-state index contributed by atoms with van der Waals surface area (Å²) in [6.07, 6.45) is -3.42. The molecule has 0 amide bonds. The molecule has 18 heavy (non-hydrogen) atoms. The highest BCUT2D eigenvalue weighted by Crippen LogP contribution is 2.33. The van der Waals surface area contributed by atoms with Gasteiger partial charge >= 0.3 is 6.18 Å². The number of anilines is 1. The highest BCUT2D eigenvalue weighted by atomic mass is 19.4. The minimum atomic E-state index is -4.29. The molecule has 0 bridgehead atoms. The zero-order valence-corrected chi connectivity index (χ0v) is 10.1. The number of halogens is 3.